The monoisotopic (exact) mass is 624 g/mol. The van der Waals surface area contributed by atoms with Crippen molar-refractivity contribution in [3.05, 3.63) is 56.6 Å². The van der Waals surface area contributed by atoms with Crippen LogP contribution in [0.5, 0.6) is 0 Å². The zero-order valence-electron chi connectivity index (χ0n) is 19.3. The highest BCUT2D eigenvalue weighted by molar-refractivity contribution is 9.10. The van der Waals surface area contributed by atoms with Gasteiger partial charge in [0.25, 0.3) is 0 Å². The van der Waals surface area contributed by atoms with Crippen molar-refractivity contribution < 1.29 is 18.3 Å². The van der Waals surface area contributed by atoms with E-state index in [0.29, 0.717) is 53.4 Å². The maximum Gasteiger partial charge on any atom is 0.226 e. The molecule has 3 aromatic rings. The summed E-state index contributed by atoms with van der Waals surface area (Å²) in [7, 11) is 0. The normalized spacial score (nSPS) is 17.6. The number of rotatable bonds is 1. The number of fused-ring (bicyclic) bond motifs is 2. The van der Waals surface area contributed by atoms with Gasteiger partial charge in [-0.2, -0.15) is 0 Å². The molecule has 0 bridgehead atoms. The van der Waals surface area contributed by atoms with E-state index in [4.69, 9.17) is 9.47 Å². The van der Waals surface area contributed by atoms with Crippen molar-refractivity contribution in [1.82, 2.24) is 14.9 Å². The minimum atomic E-state index is -0.311. The van der Waals surface area contributed by atoms with Crippen molar-refractivity contribution in [3.8, 4) is 0 Å². The van der Waals surface area contributed by atoms with Crippen LogP contribution in [0.3, 0.4) is 0 Å². The molecule has 3 aliphatic rings. The first-order valence-electron chi connectivity index (χ1n) is 11.5. The van der Waals surface area contributed by atoms with E-state index in [1.54, 1.807) is 18.3 Å². The van der Waals surface area contributed by atoms with Crippen molar-refractivity contribution in [2.24, 2.45) is 4.99 Å². The van der Waals surface area contributed by atoms with E-state index in [0.717, 1.165) is 48.8 Å². The maximum absolute atomic E-state index is 13.5. The zero-order chi connectivity index (χ0) is 25.1. The summed E-state index contributed by atoms with van der Waals surface area (Å²) in [6.07, 6.45) is 1.72. The van der Waals surface area contributed by atoms with Crippen molar-refractivity contribution >= 4 is 60.4 Å². The van der Waals surface area contributed by atoms with Crippen LogP contribution in [0, 0.1) is 11.6 Å². The van der Waals surface area contributed by atoms with Crippen LogP contribution in [0.15, 0.2) is 44.4 Å². The number of aliphatic imine (C=N–C) groups is 1. The second kappa shape index (κ2) is 11.3. The number of guanidine groups is 1. The summed E-state index contributed by atoms with van der Waals surface area (Å²) in [5, 5.41) is 4.01. The molecular formula is C24H24Br2F2N6O2. The Bertz CT molecular complexity index is 1280. The summed E-state index contributed by atoms with van der Waals surface area (Å²) in [5.41, 5.74) is 2.42. The molecule has 0 amide bonds. The number of ether oxygens (including phenoxy) is 2. The molecule has 2 aromatic carbocycles. The first-order chi connectivity index (χ1) is 17.5. The molecular weight excluding hydrogens is 602 g/mol. The van der Waals surface area contributed by atoms with Gasteiger partial charge in [-0.25, -0.2) is 23.7 Å². The fourth-order valence-electron chi connectivity index (χ4n) is 4.04. The first-order valence-corrected chi connectivity index (χ1v) is 13.1. The van der Waals surface area contributed by atoms with Gasteiger partial charge in [-0.1, -0.05) is 0 Å². The molecule has 0 radical (unpaired) electrons. The second-order valence-electron chi connectivity index (χ2n) is 8.38. The van der Waals surface area contributed by atoms with E-state index in [2.05, 4.69) is 57.0 Å². The molecule has 2 fully saturated rings. The van der Waals surface area contributed by atoms with E-state index in [1.165, 1.54) is 12.1 Å². The van der Waals surface area contributed by atoms with Gasteiger partial charge < -0.3 is 24.6 Å². The third kappa shape index (κ3) is 5.77. The molecule has 4 heterocycles. The molecule has 2 saturated heterocycles. The summed E-state index contributed by atoms with van der Waals surface area (Å²) >= 11 is 6.34. The molecule has 6 rings (SSSR count). The average molecular weight is 626 g/mol. The molecule has 3 aliphatic heterocycles. The van der Waals surface area contributed by atoms with Crippen LogP contribution in [-0.2, 0) is 16.0 Å². The number of hydrogen-bond donors (Lipinski definition) is 1. The smallest absolute Gasteiger partial charge is 0.226 e. The van der Waals surface area contributed by atoms with Crippen LogP contribution < -0.4 is 10.2 Å². The van der Waals surface area contributed by atoms with Crippen molar-refractivity contribution in [2.45, 2.75) is 6.54 Å². The highest BCUT2D eigenvalue weighted by Gasteiger charge is 2.20. The quantitative estimate of drug-likeness (QED) is 0.425. The molecule has 0 atom stereocenters. The average Bonchev–Trinajstić information content (AvgIpc) is 2.91. The molecule has 12 heteroatoms. The third-order valence-electron chi connectivity index (χ3n) is 6.01. The minimum absolute atomic E-state index is 0.260. The van der Waals surface area contributed by atoms with Crippen LogP contribution in [0.2, 0.25) is 0 Å². The maximum atomic E-state index is 13.5. The van der Waals surface area contributed by atoms with Gasteiger partial charge in [0.15, 0.2) is 5.96 Å². The van der Waals surface area contributed by atoms with Gasteiger partial charge in [0, 0.05) is 49.5 Å². The summed E-state index contributed by atoms with van der Waals surface area (Å²) in [4.78, 5) is 17.4. The van der Waals surface area contributed by atoms with Crippen molar-refractivity contribution in [3.63, 3.8) is 0 Å². The van der Waals surface area contributed by atoms with E-state index < -0.39 is 0 Å². The Hall–Kier alpha value is -2.41. The Balaban J connectivity index is 0.000000148. The van der Waals surface area contributed by atoms with Gasteiger partial charge in [0.05, 0.1) is 47.4 Å². The van der Waals surface area contributed by atoms with Crippen LogP contribution in [0.1, 0.15) is 5.56 Å². The van der Waals surface area contributed by atoms with Crippen LogP contribution >= 0.6 is 31.9 Å². The fourth-order valence-corrected chi connectivity index (χ4v) is 4.79. The van der Waals surface area contributed by atoms with E-state index in [9.17, 15) is 8.78 Å². The lowest BCUT2D eigenvalue weighted by Gasteiger charge is -2.32. The lowest BCUT2D eigenvalue weighted by Crippen LogP contribution is -2.45. The fraction of sp³-hybridized carbons (Fsp3) is 0.375. The number of anilines is 2. The van der Waals surface area contributed by atoms with Crippen LogP contribution in [-0.4, -0.2) is 73.4 Å². The number of hydrogen-bond acceptors (Lipinski definition) is 8. The molecule has 1 aromatic heterocycles. The van der Waals surface area contributed by atoms with Gasteiger partial charge in [0.2, 0.25) is 5.95 Å². The molecule has 36 heavy (non-hydrogen) atoms. The van der Waals surface area contributed by atoms with Gasteiger partial charge in [-0.05, 0) is 55.6 Å². The number of benzene rings is 2. The van der Waals surface area contributed by atoms with Crippen molar-refractivity contribution in [1.29, 1.82) is 0 Å². The van der Waals surface area contributed by atoms with Gasteiger partial charge in [0.1, 0.15) is 11.6 Å². The molecule has 0 spiro atoms. The third-order valence-corrected chi connectivity index (χ3v) is 7.22. The zero-order valence-corrected chi connectivity index (χ0v) is 22.5. The minimum Gasteiger partial charge on any atom is -0.378 e. The van der Waals surface area contributed by atoms with Crippen LogP contribution in [0.25, 0.3) is 10.9 Å². The lowest BCUT2D eigenvalue weighted by atomic mass is 10.1. The van der Waals surface area contributed by atoms with Gasteiger partial charge in [-0.15, -0.1) is 0 Å². The van der Waals surface area contributed by atoms with E-state index in [-0.39, 0.29) is 11.6 Å². The second-order valence-corrected chi connectivity index (χ2v) is 10.1. The number of nitrogens with zero attached hydrogens (tertiary/aromatic N) is 5. The molecule has 0 saturated carbocycles. The number of morpholine rings is 2. The van der Waals surface area contributed by atoms with Gasteiger partial charge >= 0.3 is 0 Å². The molecule has 1 N–H and O–H groups in total. The first kappa shape index (κ1) is 25.2. The summed E-state index contributed by atoms with van der Waals surface area (Å²) in [6, 6.07) is 6.39. The Morgan fingerprint density at radius 2 is 1.47 bits per heavy atom. The molecule has 8 nitrogen and oxygen atoms in total. The summed E-state index contributed by atoms with van der Waals surface area (Å²) in [6.45, 7) is 6.53. The largest absolute Gasteiger partial charge is 0.378 e. The van der Waals surface area contributed by atoms with Gasteiger partial charge in [-0.3, -0.25) is 0 Å². The predicted molar refractivity (Wildman–Crippen MR) is 141 cm³/mol. The Kier molecular flexibility index (Phi) is 7.94. The Morgan fingerprint density at radius 1 is 0.833 bits per heavy atom. The number of nitrogens with one attached hydrogen (secondary N) is 1. The molecule has 190 valence electrons. The summed E-state index contributed by atoms with van der Waals surface area (Å²) < 4.78 is 38.5. The Morgan fingerprint density at radius 3 is 2.19 bits per heavy atom. The number of halogens is 4. The lowest BCUT2D eigenvalue weighted by molar-refractivity contribution is 0.0678. The van der Waals surface area contributed by atoms with E-state index >= 15 is 0 Å². The van der Waals surface area contributed by atoms with Crippen molar-refractivity contribution in [2.75, 3.05) is 62.8 Å². The standard InChI is InChI=1S/C12H13BrFN3O.C12H11BrFN3O/c2*13-9-5-8-7-15-12(16-11(8)6-10(9)14)17-1-3-18-4-2-17/h5-6H,1-4,7H2,(H,15,16);5-7H,1-4H2. The molecule has 0 unspecified atom stereocenters. The molecule has 0 aliphatic carbocycles. The predicted octanol–water partition coefficient (Wildman–Crippen LogP) is 4.57. The SMILES string of the molecule is Fc1cc2c(cc1Br)CN=C(N1CCOCC1)N2.Fc1cc2nc(N3CCOCC3)ncc2cc1Br. The number of aromatic nitrogens is 2. The highest BCUT2D eigenvalue weighted by atomic mass is 79.9. The van der Waals surface area contributed by atoms with E-state index in [1.807, 2.05) is 4.90 Å². The van der Waals surface area contributed by atoms with Crippen LogP contribution in [0.4, 0.5) is 20.4 Å². The highest BCUT2D eigenvalue weighted by Crippen LogP contribution is 2.28. The Labute approximate surface area is 224 Å². The topological polar surface area (TPSA) is 75.1 Å². The summed E-state index contributed by atoms with van der Waals surface area (Å²) in [5.74, 6) is 0.874.